The van der Waals surface area contributed by atoms with Crippen LogP contribution in [0.2, 0.25) is 0 Å². The quantitative estimate of drug-likeness (QED) is 0.921. The number of anilines is 1. The fourth-order valence-electron chi connectivity index (χ4n) is 1.71. The summed E-state index contributed by atoms with van der Waals surface area (Å²) in [4.78, 5) is 13.4. The number of hydrogen-bond acceptors (Lipinski definition) is 3. The number of alkyl halides is 2. The van der Waals surface area contributed by atoms with Crippen LogP contribution in [0.25, 0.3) is 10.1 Å². The number of halogens is 3. The van der Waals surface area contributed by atoms with Crippen molar-refractivity contribution in [2.24, 2.45) is 0 Å². The van der Waals surface area contributed by atoms with Crippen molar-refractivity contribution in [3.63, 3.8) is 0 Å². The molecule has 1 aromatic carbocycles. The Labute approximate surface area is 121 Å². The monoisotopic (exact) mass is 348 g/mol. The molecule has 0 spiro atoms. The number of thiophene rings is 1. The van der Waals surface area contributed by atoms with Gasteiger partial charge >= 0.3 is 0 Å². The average Bonchev–Trinajstić information content (AvgIpc) is 2.65. The molecule has 0 atom stereocenters. The lowest BCUT2D eigenvalue weighted by atomic mass is 10.2. The van der Waals surface area contributed by atoms with Gasteiger partial charge in [0.15, 0.2) is 0 Å². The first kappa shape index (κ1) is 14.2. The summed E-state index contributed by atoms with van der Waals surface area (Å²) in [6.07, 6.45) is -2.56. The number of amides is 1. The number of rotatable bonds is 3. The number of hydrogen-bond donors (Lipinski definition) is 1. The number of benzene rings is 1. The third kappa shape index (κ3) is 2.87. The van der Waals surface area contributed by atoms with Gasteiger partial charge in [-0.15, -0.1) is 11.3 Å². The molecule has 0 fully saturated rings. The van der Waals surface area contributed by atoms with Crippen LogP contribution in [0.4, 0.5) is 14.5 Å². The van der Waals surface area contributed by atoms with Gasteiger partial charge in [0.25, 0.3) is 12.3 Å². The van der Waals surface area contributed by atoms with Gasteiger partial charge < -0.3 is 10.6 Å². The molecule has 3 nitrogen and oxygen atoms in total. The normalized spacial score (nSPS) is 11.2. The lowest BCUT2D eigenvalue weighted by molar-refractivity contribution is 0.0625. The van der Waals surface area contributed by atoms with Crippen LogP contribution in [-0.2, 0) is 0 Å². The van der Waals surface area contributed by atoms with E-state index in [2.05, 4.69) is 15.9 Å². The summed E-state index contributed by atoms with van der Waals surface area (Å²) in [5, 5.41) is 0.758. The van der Waals surface area contributed by atoms with Crippen molar-refractivity contribution in [2.75, 3.05) is 19.3 Å². The predicted molar refractivity (Wildman–Crippen MR) is 76.9 cm³/mol. The van der Waals surface area contributed by atoms with Crippen molar-refractivity contribution < 1.29 is 13.6 Å². The van der Waals surface area contributed by atoms with Crippen molar-refractivity contribution >= 4 is 48.9 Å². The molecule has 0 aliphatic carbocycles. The maximum Gasteiger partial charge on any atom is 0.266 e. The van der Waals surface area contributed by atoms with E-state index in [4.69, 9.17) is 5.73 Å². The Morgan fingerprint density at radius 2 is 2.21 bits per heavy atom. The zero-order valence-electron chi connectivity index (χ0n) is 9.99. The van der Waals surface area contributed by atoms with Gasteiger partial charge in [0.1, 0.15) is 4.88 Å². The van der Waals surface area contributed by atoms with E-state index in [-0.39, 0.29) is 0 Å². The van der Waals surface area contributed by atoms with E-state index in [0.29, 0.717) is 10.6 Å². The van der Waals surface area contributed by atoms with Crippen molar-refractivity contribution in [1.82, 2.24) is 4.90 Å². The Morgan fingerprint density at radius 3 is 2.84 bits per heavy atom. The second-order valence-corrected chi connectivity index (χ2v) is 6.03. The average molecular weight is 349 g/mol. The molecule has 7 heteroatoms. The fourth-order valence-corrected chi connectivity index (χ4v) is 3.17. The molecule has 19 heavy (non-hydrogen) atoms. The van der Waals surface area contributed by atoms with Crippen molar-refractivity contribution in [3.05, 3.63) is 27.5 Å². The van der Waals surface area contributed by atoms with Gasteiger partial charge in [-0.05, 0) is 18.2 Å². The standard InChI is InChI=1S/C12H11BrF2N2OS/c1-17(5-9(14)15)12(18)11-10(16)7-4-6(13)2-3-8(7)19-11/h2-4,9H,5,16H2,1H3. The van der Waals surface area contributed by atoms with Gasteiger partial charge in [0, 0.05) is 21.6 Å². The Hall–Kier alpha value is -1.21. The number of fused-ring (bicyclic) bond motifs is 1. The topological polar surface area (TPSA) is 46.3 Å². The molecule has 0 radical (unpaired) electrons. The van der Waals surface area contributed by atoms with E-state index in [1.807, 2.05) is 18.2 Å². The first-order valence-electron chi connectivity index (χ1n) is 5.41. The van der Waals surface area contributed by atoms with Crippen LogP contribution >= 0.6 is 27.3 Å². The van der Waals surface area contributed by atoms with E-state index in [1.165, 1.54) is 18.4 Å². The highest BCUT2D eigenvalue weighted by Crippen LogP contribution is 2.35. The molecule has 0 saturated heterocycles. The summed E-state index contributed by atoms with van der Waals surface area (Å²) in [6, 6.07) is 5.49. The molecule has 0 aliphatic heterocycles. The molecule has 2 N–H and O–H groups in total. The molecule has 1 amide bonds. The molecule has 0 bridgehead atoms. The zero-order valence-corrected chi connectivity index (χ0v) is 12.4. The highest BCUT2D eigenvalue weighted by molar-refractivity contribution is 9.10. The summed E-state index contributed by atoms with van der Waals surface area (Å²) in [6.45, 7) is -0.601. The number of nitrogens with two attached hydrogens (primary N) is 1. The SMILES string of the molecule is CN(CC(F)F)C(=O)c1sc2ccc(Br)cc2c1N. The first-order valence-corrected chi connectivity index (χ1v) is 7.02. The number of nitrogens with zero attached hydrogens (tertiary/aromatic N) is 1. The van der Waals surface area contributed by atoms with Crippen LogP contribution in [-0.4, -0.2) is 30.8 Å². The van der Waals surface area contributed by atoms with Crippen molar-refractivity contribution in [1.29, 1.82) is 0 Å². The van der Waals surface area contributed by atoms with Gasteiger partial charge in [-0.2, -0.15) is 0 Å². The molecule has 102 valence electrons. The lowest BCUT2D eigenvalue weighted by Crippen LogP contribution is -2.31. The summed E-state index contributed by atoms with van der Waals surface area (Å²) in [5.74, 6) is -0.477. The first-order chi connectivity index (χ1) is 8.90. The van der Waals surface area contributed by atoms with E-state index in [9.17, 15) is 13.6 Å². The molecule has 0 saturated carbocycles. The summed E-state index contributed by atoms with van der Waals surface area (Å²) in [5.41, 5.74) is 6.27. The molecule has 2 aromatic rings. The lowest BCUT2D eigenvalue weighted by Gasteiger charge is -2.15. The van der Waals surface area contributed by atoms with Crippen LogP contribution in [0, 0.1) is 0 Å². The fraction of sp³-hybridized carbons (Fsp3) is 0.250. The summed E-state index contributed by atoms with van der Waals surface area (Å²) < 4.78 is 26.3. The highest BCUT2D eigenvalue weighted by Gasteiger charge is 2.21. The third-order valence-corrected chi connectivity index (χ3v) is 4.31. The van der Waals surface area contributed by atoms with Crippen LogP contribution in [0.5, 0.6) is 0 Å². The molecule has 2 rings (SSSR count). The van der Waals surface area contributed by atoms with E-state index in [1.54, 1.807) is 0 Å². The second kappa shape index (κ2) is 5.42. The molecule has 0 aliphatic rings. The van der Waals surface area contributed by atoms with E-state index in [0.717, 1.165) is 19.5 Å². The third-order valence-electron chi connectivity index (χ3n) is 2.64. The van der Waals surface area contributed by atoms with Crippen molar-refractivity contribution in [3.8, 4) is 0 Å². The Bertz CT molecular complexity index is 629. The minimum atomic E-state index is -2.56. The molecular weight excluding hydrogens is 338 g/mol. The Morgan fingerprint density at radius 1 is 1.53 bits per heavy atom. The largest absolute Gasteiger partial charge is 0.397 e. The zero-order chi connectivity index (χ0) is 14.2. The molecular formula is C12H11BrF2N2OS. The van der Waals surface area contributed by atoms with Crippen LogP contribution in [0.1, 0.15) is 9.67 Å². The summed E-state index contributed by atoms with van der Waals surface area (Å²) >= 11 is 4.54. The van der Waals surface area contributed by atoms with Crippen LogP contribution < -0.4 is 5.73 Å². The summed E-state index contributed by atoms with van der Waals surface area (Å²) in [7, 11) is 1.34. The van der Waals surface area contributed by atoms with Gasteiger partial charge in [-0.25, -0.2) is 8.78 Å². The van der Waals surface area contributed by atoms with Crippen molar-refractivity contribution in [2.45, 2.75) is 6.43 Å². The minimum Gasteiger partial charge on any atom is -0.397 e. The highest BCUT2D eigenvalue weighted by atomic mass is 79.9. The van der Waals surface area contributed by atoms with Gasteiger partial charge in [-0.3, -0.25) is 4.79 Å². The minimum absolute atomic E-state index is 0.302. The number of carbonyl (C=O) groups excluding carboxylic acids is 1. The number of carbonyl (C=O) groups is 1. The van der Waals surface area contributed by atoms with Crippen LogP contribution in [0.3, 0.4) is 0 Å². The molecule has 1 aromatic heterocycles. The number of nitrogen functional groups attached to an aromatic ring is 1. The van der Waals surface area contributed by atoms with Gasteiger partial charge in [0.05, 0.1) is 12.2 Å². The molecule has 0 unspecified atom stereocenters. The maximum absolute atomic E-state index is 12.3. The van der Waals surface area contributed by atoms with Gasteiger partial charge in [-0.1, -0.05) is 15.9 Å². The second-order valence-electron chi connectivity index (χ2n) is 4.06. The molecule has 1 heterocycles. The Kier molecular flexibility index (Phi) is 4.05. The van der Waals surface area contributed by atoms with Crippen LogP contribution in [0.15, 0.2) is 22.7 Å². The maximum atomic E-state index is 12.3. The smallest absolute Gasteiger partial charge is 0.266 e. The van der Waals surface area contributed by atoms with E-state index >= 15 is 0 Å². The predicted octanol–water partition coefficient (Wildman–Crippen LogP) is 3.58. The van der Waals surface area contributed by atoms with Gasteiger partial charge in [0.2, 0.25) is 0 Å². The van der Waals surface area contributed by atoms with E-state index < -0.39 is 18.9 Å². The Balaban J connectivity index is 2.40.